The number of amides is 1. The van der Waals surface area contributed by atoms with Crippen LogP contribution < -0.4 is 0 Å². The number of nitrogens with zero attached hydrogens (tertiary/aromatic N) is 1. The average Bonchev–Trinajstić information content (AvgIpc) is 2.47. The van der Waals surface area contributed by atoms with Crippen molar-refractivity contribution in [2.45, 2.75) is 19.2 Å². The highest BCUT2D eigenvalue weighted by Gasteiger charge is 2.34. The van der Waals surface area contributed by atoms with E-state index in [1.54, 1.807) is 6.92 Å². The number of hydrogen-bond acceptors (Lipinski definition) is 2. The molecule has 1 N–H and O–H groups in total. The van der Waals surface area contributed by atoms with Crippen molar-refractivity contribution < 1.29 is 9.90 Å². The van der Waals surface area contributed by atoms with Crippen LogP contribution in [-0.4, -0.2) is 21.6 Å². The first-order valence-corrected chi connectivity index (χ1v) is 4.87. The van der Waals surface area contributed by atoms with E-state index in [9.17, 15) is 9.90 Å². The highest BCUT2D eigenvalue weighted by molar-refractivity contribution is 5.91. The number of carbonyl (C=O) groups excluding carboxylic acids is 1. The van der Waals surface area contributed by atoms with Gasteiger partial charge in [-0.25, -0.2) is 0 Å². The summed E-state index contributed by atoms with van der Waals surface area (Å²) in [6.07, 6.45) is 2.92. The van der Waals surface area contributed by atoms with E-state index < -0.39 is 5.72 Å². The van der Waals surface area contributed by atoms with Crippen molar-refractivity contribution in [1.29, 1.82) is 0 Å². The fourth-order valence-electron chi connectivity index (χ4n) is 1.64. The van der Waals surface area contributed by atoms with Crippen molar-refractivity contribution in [3.63, 3.8) is 0 Å². The molecule has 3 heteroatoms. The molecule has 15 heavy (non-hydrogen) atoms. The summed E-state index contributed by atoms with van der Waals surface area (Å²) >= 11 is 0. The summed E-state index contributed by atoms with van der Waals surface area (Å²) in [6, 6.07) is 9.62. The molecule has 0 saturated carbocycles. The summed E-state index contributed by atoms with van der Waals surface area (Å²) in [7, 11) is 0. The van der Waals surface area contributed by atoms with Crippen molar-refractivity contribution in [1.82, 2.24) is 4.90 Å². The van der Waals surface area contributed by atoms with Crippen LogP contribution in [0.5, 0.6) is 0 Å². The van der Waals surface area contributed by atoms with Crippen LogP contribution >= 0.6 is 0 Å². The van der Waals surface area contributed by atoms with E-state index in [2.05, 4.69) is 0 Å². The Morgan fingerprint density at radius 3 is 2.53 bits per heavy atom. The van der Waals surface area contributed by atoms with Crippen LogP contribution in [0.3, 0.4) is 0 Å². The Morgan fingerprint density at radius 2 is 2.00 bits per heavy atom. The first-order valence-electron chi connectivity index (χ1n) is 4.87. The van der Waals surface area contributed by atoms with Crippen molar-refractivity contribution in [3.05, 3.63) is 48.0 Å². The van der Waals surface area contributed by atoms with Gasteiger partial charge in [-0.15, -0.1) is 0 Å². The quantitative estimate of drug-likeness (QED) is 0.787. The Morgan fingerprint density at radius 1 is 1.33 bits per heavy atom. The van der Waals surface area contributed by atoms with Crippen LogP contribution in [0.4, 0.5) is 0 Å². The monoisotopic (exact) mass is 203 g/mol. The minimum Gasteiger partial charge on any atom is -0.367 e. The zero-order chi connectivity index (χ0) is 10.9. The third kappa shape index (κ3) is 1.92. The molecule has 1 aliphatic heterocycles. The maximum absolute atomic E-state index is 11.5. The molecule has 1 heterocycles. The summed E-state index contributed by atoms with van der Waals surface area (Å²) < 4.78 is 0. The predicted octanol–water partition coefficient (Wildman–Crippen LogP) is 1.29. The third-order valence-electron chi connectivity index (χ3n) is 2.54. The van der Waals surface area contributed by atoms with Gasteiger partial charge in [0.25, 0.3) is 0 Å². The van der Waals surface area contributed by atoms with Crippen molar-refractivity contribution in [3.8, 4) is 0 Å². The molecule has 1 aromatic rings. The molecule has 1 unspecified atom stereocenters. The minimum atomic E-state index is -1.16. The topological polar surface area (TPSA) is 40.5 Å². The molecule has 0 fully saturated rings. The summed E-state index contributed by atoms with van der Waals surface area (Å²) in [5.41, 5.74) is -0.151. The van der Waals surface area contributed by atoms with Crippen LogP contribution in [0.25, 0.3) is 0 Å². The molecule has 0 aromatic heterocycles. The smallest absolute Gasteiger partial charge is 0.249 e. The van der Waals surface area contributed by atoms with Gasteiger partial charge in [-0.2, -0.15) is 0 Å². The van der Waals surface area contributed by atoms with E-state index in [0.717, 1.165) is 5.56 Å². The molecule has 0 aliphatic carbocycles. The number of rotatable bonds is 2. The highest BCUT2D eigenvalue weighted by Crippen LogP contribution is 2.22. The van der Waals surface area contributed by atoms with Gasteiger partial charge in [-0.1, -0.05) is 30.3 Å². The standard InChI is InChI=1S/C12H13NO2/c1-12(15)8-7-11(14)13(12)9-10-5-3-2-4-6-10/h2-8,15H,9H2,1H3. The molecular weight excluding hydrogens is 190 g/mol. The highest BCUT2D eigenvalue weighted by atomic mass is 16.3. The zero-order valence-electron chi connectivity index (χ0n) is 8.55. The van der Waals surface area contributed by atoms with Crippen LogP contribution in [0.1, 0.15) is 12.5 Å². The fourth-order valence-corrected chi connectivity index (χ4v) is 1.64. The van der Waals surface area contributed by atoms with Crippen molar-refractivity contribution >= 4 is 5.91 Å². The lowest BCUT2D eigenvalue weighted by atomic mass is 10.2. The summed E-state index contributed by atoms with van der Waals surface area (Å²) in [5.74, 6) is -0.149. The van der Waals surface area contributed by atoms with E-state index in [-0.39, 0.29) is 5.91 Å². The summed E-state index contributed by atoms with van der Waals surface area (Å²) in [6.45, 7) is 2.04. The largest absolute Gasteiger partial charge is 0.367 e. The number of aliphatic hydroxyl groups is 1. The normalized spacial score (nSPS) is 24.9. The van der Waals surface area contributed by atoms with Gasteiger partial charge in [0.05, 0.1) is 0 Å². The molecule has 1 aromatic carbocycles. The van der Waals surface area contributed by atoms with Gasteiger partial charge in [-0.3, -0.25) is 4.79 Å². The Balaban J connectivity index is 2.17. The SMILES string of the molecule is CC1(O)C=CC(=O)N1Cc1ccccc1. The van der Waals surface area contributed by atoms with Gasteiger partial charge in [0.15, 0.2) is 5.72 Å². The molecule has 2 rings (SSSR count). The number of benzene rings is 1. The third-order valence-corrected chi connectivity index (χ3v) is 2.54. The molecule has 0 saturated heterocycles. The van der Waals surface area contributed by atoms with Gasteiger partial charge in [-0.05, 0) is 18.6 Å². The second-order valence-electron chi connectivity index (χ2n) is 3.84. The summed E-state index contributed by atoms with van der Waals surface area (Å²) in [4.78, 5) is 12.9. The molecule has 0 bridgehead atoms. The number of hydrogen-bond donors (Lipinski definition) is 1. The molecule has 0 spiro atoms. The van der Waals surface area contributed by atoms with Crippen LogP contribution in [-0.2, 0) is 11.3 Å². The van der Waals surface area contributed by atoms with E-state index in [1.807, 2.05) is 30.3 Å². The zero-order valence-corrected chi connectivity index (χ0v) is 8.55. The van der Waals surface area contributed by atoms with Gasteiger partial charge in [0.2, 0.25) is 5.91 Å². The van der Waals surface area contributed by atoms with Crippen LogP contribution in [0, 0.1) is 0 Å². The van der Waals surface area contributed by atoms with Crippen LogP contribution in [0.15, 0.2) is 42.5 Å². The molecular formula is C12H13NO2. The van der Waals surface area contributed by atoms with E-state index in [1.165, 1.54) is 17.1 Å². The molecule has 1 amide bonds. The van der Waals surface area contributed by atoms with E-state index in [4.69, 9.17) is 0 Å². The second kappa shape index (κ2) is 3.51. The Hall–Kier alpha value is -1.61. The first kappa shape index (κ1) is 9.93. The van der Waals surface area contributed by atoms with Gasteiger partial charge < -0.3 is 10.0 Å². The molecule has 1 aliphatic rings. The minimum absolute atomic E-state index is 0.149. The number of carbonyl (C=O) groups is 1. The Labute approximate surface area is 88.6 Å². The van der Waals surface area contributed by atoms with Crippen molar-refractivity contribution in [2.75, 3.05) is 0 Å². The maximum atomic E-state index is 11.5. The molecule has 78 valence electrons. The molecule has 3 nitrogen and oxygen atoms in total. The maximum Gasteiger partial charge on any atom is 0.249 e. The van der Waals surface area contributed by atoms with E-state index >= 15 is 0 Å². The second-order valence-corrected chi connectivity index (χ2v) is 3.84. The Kier molecular flexibility index (Phi) is 2.32. The lowest BCUT2D eigenvalue weighted by molar-refractivity contribution is -0.140. The molecule has 0 radical (unpaired) electrons. The van der Waals surface area contributed by atoms with E-state index in [0.29, 0.717) is 6.54 Å². The van der Waals surface area contributed by atoms with Gasteiger partial charge in [0, 0.05) is 12.6 Å². The average molecular weight is 203 g/mol. The van der Waals surface area contributed by atoms with Gasteiger partial charge >= 0.3 is 0 Å². The van der Waals surface area contributed by atoms with Crippen molar-refractivity contribution in [2.24, 2.45) is 0 Å². The first-order chi connectivity index (χ1) is 7.09. The lowest BCUT2D eigenvalue weighted by Crippen LogP contribution is -2.43. The summed E-state index contributed by atoms with van der Waals surface area (Å²) in [5, 5.41) is 9.90. The van der Waals surface area contributed by atoms with Gasteiger partial charge in [0.1, 0.15) is 0 Å². The lowest BCUT2D eigenvalue weighted by Gasteiger charge is -2.29. The van der Waals surface area contributed by atoms with Crippen LogP contribution in [0.2, 0.25) is 0 Å². The fraction of sp³-hybridized carbons (Fsp3) is 0.250. The predicted molar refractivity (Wildman–Crippen MR) is 56.8 cm³/mol. The molecule has 1 atom stereocenters. The Bertz CT molecular complexity index is 395.